The minimum absolute atomic E-state index is 0.742. The van der Waals surface area contributed by atoms with Crippen LogP contribution >= 0.6 is 0 Å². The van der Waals surface area contributed by atoms with Crippen LogP contribution in [0.25, 0.3) is 0 Å². The van der Waals surface area contributed by atoms with Crippen molar-refractivity contribution < 1.29 is 4.74 Å². The van der Waals surface area contributed by atoms with Gasteiger partial charge in [0.1, 0.15) is 0 Å². The molecule has 0 aromatic carbocycles. The lowest BCUT2D eigenvalue weighted by atomic mass is 10.3. The monoisotopic (exact) mass is 99.1 g/mol. The third-order valence-electron chi connectivity index (χ3n) is 0.697. The first kappa shape index (κ1) is 6.70. The van der Waals surface area contributed by atoms with E-state index in [-0.39, 0.29) is 0 Å². The maximum atomic E-state index is 4.55. The predicted octanol–water partition coefficient (Wildman–Crippen LogP) is 1.76. The van der Waals surface area contributed by atoms with E-state index in [1.54, 1.807) is 0 Å². The van der Waals surface area contributed by atoms with Gasteiger partial charge in [0.2, 0.25) is 0 Å². The topological polar surface area (TPSA) is 9.23 Å². The molecule has 0 atom stereocenters. The number of rotatable bonds is 4. The second-order valence-corrected chi connectivity index (χ2v) is 1.34. The van der Waals surface area contributed by atoms with Crippen LogP contribution in [-0.4, -0.2) is 6.61 Å². The summed E-state index contributed by atoms with van der Waals surface area (Å²) >= 11 is 0. The fourth-order valence-electron chi connectivity index (χ4n) is 0.330. The summed E-state index contributed by atoms with van der Waals surface area (Å²) in [6.45, 7) is 4.30. The molecule has 1 nitrogen and oxygen atoms in total. The summed E-state index contributed by atoms with van der Waals surface area (Å²) in [4.78, 5) is 0. The van der Waals surface area contributed by atoms with E-state index >= 15 is 0 Å². The van der Waals surface area contributed by atoms with Crippen LogP contribution in [0.15, 0.2) is 12.7 Å². The Labute approximate surface area is 45.0 Å². The summed E-state index contributed by atoms with van der Waals surface area (Å²) in [5.41, 5.74) is 0. The molecule has 0 amide bonds. The largest absolute Gasteiger partial charge is 0.379 e. The smallest absolute Gasteiger partial charge is 0.0700 e. The quantitative estimate of drug-likeness (QED) is 0.385. The second kappa shape index (κ2) is 5.70. The van der Waals surface area contributed by atoms with E-state index in [0.29, 0.717) is 0 Å². The second-order valence-electron chi connectivity index (χ2n) is 1.34. The SMILES string of the molecule is [CH2]OCCCC=C. The molecule has 0 aliphatic rings. The molecule has 0 rings (SSSR count). The van der Waals surface area contributed by atoms with E-state index in [4.69, 9.17) is 0 Å². The van der Waals surface area contributed by atoms with E-state index < -0.39 is 0 Å². The average molecular weight is 99.2 g/mol. The van der Waals surface area contributed by atoms with Gasteiger partial charge in [-0.3, -0.25) is 0 Å². The highest BCUT2D eigenvalue weighted by Crippen LogP contribution is 1.87. The van der Waals surface area contributed by atoms with E-state index in [0.717, 1.165) is 19.4 Å². The molecule has 1 radical (unpaired) electrons. The summed E-state index contributed by atoms with van der Waals surface area (Å²) in [6, 6.07) is 0. The van der Waals surface area contributed by atoms with Gasteiger partial charge in [0.25, 0.3) is 0 Å². The van der Waals surface area contributed by atoms with Crippen molar-refractivity contribution in [3.63, 3.8) is 0 Å². The molecule has 0 aromatic rings. The molecule has 0 aliphatic heterocycles. The molecule has 0 unspecified atom stereocenters. The Morgan fingerprint density at radius 3 is 2.71 bits per heavy atom. The Morgan fingerprint density at radius 1 is 1.57 bits per heavy atom. The van der Waals surface area contributed by atoms with Crippen molar-refractivity contribution in [2.45, 2.75) is 12.8 Å². The zero-order chi connectivity index (χ0) is 5.54. The molecule has 0 bridgehead atoms. The van der Waals surface area contributed by atoms with Gasteiger partial charge >= 0.3 is 0 Å². The van der Waals surface area contributed by atoms with Crippen molar-refractivity contribution in [3.8, 4) is 0 Å². The summed E-state index contributed by atoms with van der Waals surface area (Å²) < 4.78 is 4.55. The standard InChI is InChI=1S/C6H11O/c1-3-4-5-6-7-2/h3H,1-2,4-6H2. The zero-order valence-electron chi connectivity index (χ0n) is 4.52. The third-order valence-corrected chi connectivity index (χ3v) is 0.697. The first-order valence-electron chi connectivity index (χ1n) is 2.39. The third kappa shape index (κ3) is 5.70. The van der Waals surface area contributed by atoms with Crippen molar-refractivity contribution >= 4 is 0 Å². The number of ether oxygens (including phenoxy) is 1. The highest BCUT2D eigenvalue weighted by molar-refractivity contribution is 4.64. The molecule has 1 heteroatoms. The van der Waals surface area contributed by atoms with Crippen LogP contribution in [0.1, 0.15) is 12.8 Å². The molecule has 0 saturated heterocycles. The van der Waals surface area contributed by atoms with E-state index in [9.17, 15) is 0 Å². The van der Waals surface area contributed by atoms with Gasteiger partial charge in [0.15, 0.2) is 0 Å². The van der Waals surface area contributed by atoms with Gasteiger partial charge in [-0.05, 0) is 12.8 Å². The molecule has 0 saturated carbocycles. The highest BCUT2D eigenvalue weighted by Gasteiger charge is 1.77. The normalized spacial score (nSPS) is 8.71. The highest BCUT2D eigenvalue weighted by atomic mass is 16.5. The van der Waals surface area contributed by atoms with Gasteiger partial charge in [0.05, 0.1) is 7.11 Å². The number of hydrogen-bond donors (Lipinski definition) is 0. The Bertz CT molecular complexity index is 41.4. The van der Waals surface area contributed by atoms with Gasteiger partial charge in [-0.2, -0.15) is 0 Å². The lowest BCUT2D eigenvalue weighted by molar-refractivity contribution is 0.238. The lowest BCUT2D eigenvalue weighted by Crippen LogP contribution is -1.82. The number of unbranched alkanes of at least 4 members (excludes halogenated alkanes) is 1. The fraction of sp³-hybridized carbons (Fsp3) is 0.500. The van der Waals surface area contributed by atoms with E-state index in [2.05, 4.69) is 18.4 Å². The fourth-order valence-corrected chi connectivity index (χ4v) is 0.330. The summed E-state index contributed by atoms with van der Waals surface area (Å²) in [5, 5.41) is 0. The average Bonchev–Trinajstić information content (AvgIpc) is 1.69. The van der Waals surface area contributed by atoms with E-state index in [1.165, 1.54) is 0 Å². The molecule has 0 spiro atoms. The maximum Gasteiger partial charge on any atom is 0.0700 e. The van der Waals surface area contributed by atoms with Crippen LogP contribution in [0.2, 0.25) is 0 Å². The van der Waals surface area contributed by atoms with Gasteiger partial charge in [-0.25, -0.2) is 0 Å². The first-order chi connectivity index (χ1) is 3.41. The molecular formula is C6H11O. The Morgan fingerprint density at radius 2 is 2.29 bits per heavy atom. The van der Waals surface area contributed by atoms with Crippen LogP contribution in [0, 0.1) is 7.11 Å². The van der Waals surface area contributed by atoms with Gasteiger partial charge < -0.3 is 4.74 Å². The van der Waals surface area contributed by atoms with Crippen LogP contribution in [-0.2, 0) is 4.74 Å². The van der Waals surface area contributed by atoms with Crippen molar-refractivity contribution in [1.82, 2.24) is 0 Å². The van der Waals surface area contributed by atoms with Crippen LogP contribution in [0.3, 0.4) is 0 Å². The van der Waals surface area contributed by atoms with Crippen molar-refractivity contribution in [1.29, 1.82) is 0 Å². The van der Waals surface area contributed by atoms with Crippen molar-refractivity contribution in [2.24, 2.45) is 0 Å². The first-order valence-corrected chi connectivity index (χ1v) is 2.39. The molecule has 0 N–H and O–H groups in total. The number of hydrogen-bond acceptors (Lipinski definition) is 1. The molecule has 7 heavy (non-hydrogen) atoms. The molecule has 0 fully saturated rings. The summed E-state index contributed by atoms with van der Waals surface area (Å²) in [5.74, 6) is 0. The lowest BCUT2D eigenvalue weighted by Gasteiger charge is -1.90. The van der Waals surface area contributed by atoms with E-state index in [1.807, 2.05) is 6.08 Å². The summed E-state index contributed by atoms with van der Waals surface area (Å²) in [6.07, 6.45) is 3.93. The maximum absolute atomic E-state index is 4.55. The minimum atomic E-state index is 0.742. The molecule has 0 aliphatic carbocycles. The number of allylic oxidation sites excluding steroid dienone is 1. The Kier molecular flexibility index (Phi) is 5.46. The van der Waals surface area contributed by atoms with Crippen molar-refractivity contribution in [3.05, 3.63) is 19.8 Å². The predicted molar refractivity (Wildman–Crippen MR) is 30.7 cm³/mol. The minimum Gasteiger partial charge on any atom is -0.379 e. The Balaban J connectivity index is 2.56. The van der Waals surface area contributed by atoms with Crippen LogP contribution in [0.5, 0.6) is 0 Å². The zero-order valence-corrected chi connectivity index (χ0v) is 4.52. The van der Waals surface area contributed by atoms with Gasteiger partial charge in [-0.1, -0.05) is 6.08 Å². The molecule has 0 aromatic heterocycles. The Hall–Kier alpha value is -0.300. The summed E-state index contributed by atoms with van der Waals surface area (Å²) in [7, 11) is 3.22. The van der Waals surface area contributed by atoms with Crippen molar-refractivity contribution in [2.75, 3.05) is 6.61 Å². The molecule has 41 valence electrons. The molecule has 0 heterocycles. The van der Waals surface area contributed by atoms with Gasteiger partial charge in [-0.15, -0.1) is 6.58 Å². The van der Waals surface area contributed by atoms with Gasteiger partial charge in [0, 0.05) is 6.61 Å². The van der Waals surface area contributed by atoms with Crippen LogP contribution < -0.4 is 0 Å². The van der Waals surface area contributed by atoms with Crippen LogP contribution in [0.4, 0.5) is 0 Å². The molecular weight excluding hydrogens is 88.1 g/mol.